The van der Waals surface area contributed by atoms with Gasteiger partial charge in [-0.2, -0.15) is 0 Å². The number of pyridine rings is 1. The number of carbonyl (C=O) groups is 1. The molecule has 2 rings (SSSR count). The summed E-state index contributed by atoms with van der Waals surface area (Å²) in [5, 5.41) is 4.59. The summed E-state index contributed by atoms with van der Waals surface area (Å²) < 4.78 is 5.39. The highest BCUT2D eigenvalue weighted by Crippen LogP contribution is 2.08. The molecule has 0 aliphatic heterocycles. The van der Waals surface area contributed by atoms with Crippen LogP contribution in [0.25, 0.3) is 0 Å². The fraction of sp³-hybridized carbons (Fsp3) is 0.200. The van der Waals surface area contributed by atoms with Gasteiger partial charge in [-0.05, 0) is 30.5 Å². The number of carbonyl (C=O) groups excluding carboxylic acids is 1. The Morgan fingerprint density at radius 3 is 3.00 bits per heavy atom. The van der Waals surface area contributed by atoms with Crippen molar-refractivity contribution in [2.45, 2.75) is 6.92 Å². The zero-order valence-corrected chi connectivity index (χ0v) is 11.9. The van der Waals surface area contributed by atoms with E-state index >= 15 is 0 Å². The number of amides is 1. The largest absolute Gasteiger partial charge is 0.479 e. The van der Waals surface area contributed by atoms with Crippen molar-refractivity contribution in [1.29, 1.82) is 0 Å². The van der Waals surface area contributed by atoms with Crippen LogP contribution in [0.15, 0.2) is 35.8 Å². The Bertz CT molecular complexity index is 610. The molecule has 0 saturated carbocycles. The normalized spacial score (nSPS) is 9.45. The third kappa shape index (κ3) is 4.41. The van der Waals surface area contributed by atoms with Crippen LogP contribution in [0.2, 0.25) is 0 Å². The van der Waals surface area contributed by atoms with Crippen LogP contribution in [-0.4, -0.2) is 24.0 Å². The molecule has 1 N–H and O–H groups in total. The standard InChI is InChI=1S/C15H14N2O2S/c1-12-6-7-13(11-17-12)19-9-3-2-8-16-15(18)14-5-4-10-20-14/h4-7,10-11H,8-9H2,1H3,(H,16,18). The van der Waals surface area contributed by atoms with Gasteiger partial charge in [0.2, 0.25) is 0 Å². The summed E-state index contributed by atoms with van der Waals surface area (Å²) in [7, 11) is 0. The molecule has 0 radical (unpaired) electrons. The van der Waals surface area contributed by atoms with Gasteiger partial charge in [-0.25, -0.2) is 0 Å². The zero-order valence-electron chi connectivity index (χ0n) is 11.1. The van der Waals surface area contributed by atoms with Crippen LogP contribution in [-0.2, 0) is 0 Å². The van der Waals surface area contributed by atoms with Gasteiger partial charge in [0.15, 0.2) is 0 Å². The average Bonchev–Trinajstić information content (AvgIpc) is 2.98. The monoisotopic (exact) mass is 286 g/mol. The smallest absolute Gasteiger partial charge is 0.262 e. The first-order valence-corrected chi connectivity index (χ1v) is 6.96. The Kier molecular flexibility index (Phi) is 5.15. The van der Waals surface area contributed by atoms with Gasteiger partial charge in [-0.3, -0.25) is 9.78 Å². The Balaban J connectivity index is 1.68. The maximum Gasteiger partial charge on any atom is 0.262 e. The van der Waals surface area contributed by atoms with E-state index in [1.807, 2.05) is 30.5 Å². The van der Waals surface area contributed by atoms with Gasteiger partial charge in [-0.15, -0.1) is 11.3 Å². The molecule has 102 valence electrons. The molecule has 0 aliphatic carbocycles. The molecular weight excluding hydrogens is 272 g/mol. The lowest BCUT2D eigenvalue weighted by atomic mass is 10.4. The van der Waals surface area contributed by atoms with E-state index < -0.39 is 0 Å². The van der Waals surface area contributed by atoms with Crippen molar-refractivity contribution in [2.75, 3.05) is 13.2 Å². The lowest BCUT2D eigenvalue weighted by Gasteiger charge is -2.00. The summed E-state index contributed by atoms with van der Waals surface area (Å²) in [4.78, 5) is 16.4. The quantitative estimate of drug-likeness (QED) is 0.877. The minimum atomic E-state index is -0.0991. The molecule has 2 aromatic heterocycles. The highest BCUT2D eigenvalue weighted by Gasteiger charge is 2.03. The summed E-state index contributed by atoms with van der Waals surface area (Å²) in [6, 6.07) is 7.35. The van der Waals surface area contributed by atoms with Crippen LogP contribution in [0.3, 0.4) is 0 Å². The SMILES string of the molecule is Cc1ccc(OCC#CCNC(=O)c2cccs2)cn1. The Hall–Kier alpha value is -2.32. The third-order valence-electron chi connectivity index (χ3n) is 2.40. The maximum atomic E-state index is 11.6. The van der Waals surface area contributed by atoms with Crippen LogP contribution >= 0.6 is 11.3 Å². The molecule has 0 aromatic carbocycles. The first-order valence-electron chi connectivity index (χ1n) is 6.08. The van der Waals surface area contributed by atoms with E-state index in [2.05, 4.69) is 22.1 Å². The predicted octanol–water partition coefficient (Wildman–Crippen LogP) is 2.26. The molecule has 2 aromatic rings. The van der Waals surface area contributed by atoms with E-state index in [4.69, 9.17) is 4.74 Å². The molecule has 0 unspecified atom stereocenters. The third-order valence-corrected chi connectivity index (χ3v) is 3.27. The van der Waals surface area contributed by atoms with Crippen LogP contribution in [0, 0.1) is 18.8 Å². The Morgan fingerprint density at radius 2 is 2.30 bits per heavy atom. The van der Waals surface area contributed by atoms with E-state index in [9.17, 15) is 4.79 Å². The minimum Gasteiger partial charge on any atom is -0.479 e. The summed E-state index contributed by atoms with van der Waals surface area (Å²) >= 11 is 1.41. The fourth-order valence-electron chi connectivity index (χ4n) is 1.39. The van der Waals surface area contributed by atoms with Gasteiger partial charge in [0.25, 0.3) is 5.91 Å². The number of hydrogen-bond acceptors (Lipinski definition) is 4. The number of ether oxygens (including phenoxy) is 1. The van der Waals surface area contributed by atoms with Crippen molar-refractivity contribution in [1.82, 2.24) is 10.3 Å². The summed E-state index contributed by atoms with van der Waals surface area (Å²) in [5.41, 5.74) is 0.944. The maximum absolute atomic E-state index is 11.6. The number of aromatic nitrogens is 1. The molecule has 0 fully saturated rings. The molecule has 2 heterocycles. The van der Waals surface area contributed by atoms with Gasteiger partial charge in [0, 0.05) is 5.69 Å². The minimum absolute atomic E-state index is 0.0991. The fourth-order valence-corrected chi connectivity index (χ4v) is 2.03. The van der Waals surface area contributed by atoms with Gasteiger partial charge in [-0.1, -0.05) is 17.9 Å². The molecule has 0 spiro atoms. The Labute approximate surface area is 121 Å². The molecule has 20 heavy (non-hydrogen) atoms. The molecular formula is C15H14N2O2S. The van der Waals surface area contributed by atoms with E-state index in [1.165, 1.54) is 11.3 Å². The van der Waals surface area contributed by atoms with Gasteiger partial charge in [0.1, 0.15) is 12.4 Å². The summed E-state index contributed by atoms with van der Waals surface area (Å²) in [5.74, 6) is 6.26. The molecule has 1 amide bonds. The van der Waals surface area contributed by atoms with Crippen molar-refractivity contribution in [3.8, 4) is 17.6 Å². The molecule has 0 bridgehead atoms. The van der Waals surface area contributed by atoms with Crippen LogP contribution < -0.4 is 10.1 Å². The van der Waals surface area contributed by atoms with Crippen molar-refractivity contribution in [3.63, 3.8) is 0 Å². The lowest BCUT2D eigenvalue weighted by Crippen LogP contribution is -2.22. The van der Waals surface area contributed by atoms with E-state index in [0.717, 1.165) is 5.69 Å². The van der Waals surface area contributed by atoms with Gasteiger partial charge < -0.3 is 10.1 Å². The molecule has 0 aliphatic rings. The van der Waals surface area contributed by atoms with E-state index in [-0.39, 0.29) is 12.5 Å². The van der Waals surface area contributed by atoms with Gasteiger partial charge >= 0.3 is 0 Å². The molecule has 4 nitrogen and oxygen atoms in total. The van der Waals surface area contributed by atoms with E-state index in [1.54, 1.807) is 12.3 Å². The molecule has 0 atom stereocenters. The van der Waals surface area contributed by atoms with Crippen molar-refractivity contribution >= 4 is 17.2 Å². The zero-order chi connectivity index (χ0) is 14.2. The number of nitrogens with zero attached hydrogens (tertiary/aromatic N) is 1. The number of hydrogen-bond donors (Lipinski definition) is 1. The van der Waals surface area contributed by atoms with E-state index in [0.29, 0.717) is 17.2 Å². The first-order chi connectivity index (χ1) is 9.75. The average molecular weight is 286 g/mol. The molecule has 0 saturated heterocycles. The van der Waals surface area contributed by atoms with Gasteiger partial charge in [0.05, 0.1) is 17.6 Å². The van der Waals surface area contributed by atoms with Crippen molar-refractivity contribution < 1.29 is 9.53 Å². The van der Waals surface area contributed by atoms with Crippen LogP contribution in [0.5, 0.6) is 5.75 Å². The second-order valence-electron chi connectivity index (χ2n) is 3.94. The number of nitrogens with one attached hydrogen (secondary N) is 1. The lowest BCUT2D eigenvalue weighted by molar-refractivity contribution is 0.0962. The van der Waals surface area contributed by atoms with Crippen molar-refractivity contribution in [2.24, 2.45) is 0 Å². The second kappa shape index (κ2) is 7.31. The van der Waals surface area contributed by atoms with Crippen LogP contribution in [0.1, 0.15) is 15.4 Å². The highest BCUT2D eigenvalue weighted by molar-refractivity contribution is 7.12. The topological polar surface area (TPSA) is 51.2 Å². The first kappa shape index (κ1) is 14.1. The summed E-state index contributed by atoms with van der Waals surface area (Å²) in [6.45, 7) is 2.51. The number of aryl methyl sites for hydroxylation is 1. The highest BCUT2D eigenvalue weighted by atomic mass is 32.1. The second-order valence-corrected chi connectivity index (χ2v) is 4.89. The van der Waals surface area contributed by atoms with Crippen molar-refractivity contribution in [3.05, 3.63) is 46.4 Å². The Morgan fingerprint density at radius 1 is 1.40 bits per heavy atom. The predicted molar refractivity (Wildman–Crippen MR) is 78.9 cm³/mol. The molecule has 5 heteroatoms. The van der Waals surface area contributed by atoms with Crippen LogP contribution in [0.4, 0.5) is 0 Å². The number of rotatable bonds is 4. The number of thiophene rings is 1. The summed E-state index contributed by atoms with van der Waals surface area (Å²) in [6.07, 6.45) is 1.66.